The average Bonchev–Trinajstić information content (AvgIpc) is 2.96. The lowest BCUT2D eigenvalue weighted by molar-refractivity contribution is 0.356. The van der Waals surface area contributed by atoms with E-state index in [2.05, 4.69) is 61.3 Å². The van der Waals surface area contributed by atoms with E-state index in [1.807, 2.05) is 6.20 Å². The molecular weight excluding hydrogens is 314 g/mol. The van der Waals surface area contributed by atoms with Gasteiger partial charge in [-0.3, -0.25) is 0 Å². The highest BCUT2D eigenvalue weighted by molar-refractivity contribution is 9.10. The van der Waals surface area contributed by atoms with Crippen molar-refractivity contribution in [3.8, 4) is 0 Å². The first-order valence-electron chi connectivity index (χ1n) is 7.34. The SMILES string of the molecule is Brc1ccc(CNc2nccn2C2CCCCC2)cc1. The van der Waals surface area contributed by atoms with Gasteiger partial charge in [-0.1, -0.05) is 47.3 Å². The first kappa shape index (κ1) is 13.7. The number of nitrogens with zero attached hydrogens (tertiary/aromatic N) is 2. The van der Waals surface area contributed by atoms with E-state index < -0.39 is 0 Å². The summed E-state index contributed by atoms with van der Waals surface area (Å²) in [7, 11) is 0. The standard InChI is InChI=1S/C16H20BrN3/c17-14-8-6-13(7-9-14)12-19-16-18-10-11-20(16)15-4-2-1-3-5-15/h6-11,15H,1-5,12H2,(H,18,19). The molecule has 1 aliphatic carbocycles. The number of halogens is 1. The third-order valence-corrected chi connectivity index (χ3v) is 4.53. The molecular formula is C16H20BrN3. The van der Waals surface area contributed by atoms with E-state index in [1.165, 1.54) is 37.7 Å². The molecule has 1 fully saturated rings. The fourth-order valence-corrected chi connectivity index (χ4v) is 3.15. The first-order valence-corrected chi connectivity index (χ1v) is 8.13. The van der Waals surface area contributed by atoms with Crippen LogP contribution in [0.4, 0.5) is 5.95 Å². The van der Waals surface area contributed by atoms with Gasteiger partial charge in [-0.2, -0.15) is 0 Å². The van der Waals surface area contributed by atoms with Gasteiger partial charge in [0, 0.05) is 29.5 Å². The zero-order chi connectivity index (χ0) is 13.8. The van der Waals surface area contributed by atoms with Gasteiger partial charge >= 0.3 is 0 Å². The molecule has 0 aliphatic heterocycles. The summed E-state index contributed by atoms with van der Waals surface area (Å²) in [6.45, 7) is 0.816. The van der Waals surface area contributed by atoms with Gasteiger partial charge in [-0.05, 0) is 30.5 Å². The van der Waals surface area contributed by atoms with Crippen molar-refractivity contribution in [1.82, 2.24) is 9.55 Å². The summed E-state index contributed by atoms with van der Waals surface area (Å²) in [6.07, 6.45) is 10.6. The maximum Gasteiger partial charge on any atom is 0.203 e. The third kappa shape index (κ3) is 3.23. The van der Waals surface area contributed by atoms with E-state index in [-0.39, 0.29) is 0 Å². The van der Waals surface area contributed by atoms with Crippen LogP contribution in [0.1, 0.15) is 43.7 Å². The molecule has 0 atom stereocenters. The van der Waals surface area contributed by atoms with Crippen molar-refractivity contribution in [2.75, 3.05) is 5.32 Å². The van der Waals surface area contributed by atoms with Crippen molar-refractivity contribution < 1.29 is 0 Å². The van der Waals surface area contributed by atoms with Crippen molar-refractivity contribution in [2.45, 2.75) is 44.7 Å². The van der Waals surface area contributed by atoms with Crippen molar-refractivity contribution in [3.63, 3.8) is 0 Å². The molecule has 0 unspecified atom stereocenters. The highest BCUT2D eigenvalue weighted by Gasteiger charge is 2.17. The van der Waals surface area contributed by atoms with Crippen LogP contribution in [0.5, 0.6) is 0 Å². The molecule has 1 aromatic carbocycles. The molecule has 1 heterocycles. The predicted octanol–water partition coefficient (Wildman–Crippen LogP) is 4.76. The summed E-state index contributed by atoms with van der Waals surface area (Å²) in [5, 5.41) is 3.46. The topological polar surface area (TPSA) is 29.9 Å². The molecule has 1 aromatic heterocycles. The summed E-state index contributed by atoms with van der Waals surface area (Å²) in [5.41, 5.74) is 1.27. The smallest absolute Gasteiger partial charge is 0.203 e. The number of rotatable bonds is 4. The van der Waals surface area contributed by atoms with Crippen molar-refractivity contribution in [1.29, 1.82) is 0 Å². The van der Waals surface area contributed by atoms with Gasteiger partial charge in [0.25, 0.3) is 0 Å². The minimum Gasteiger partial charge on any atom is -0.352 e. The monoisotopic (exact) mass is 333 g/mol. The summed E-state index contributed by atoms with van der Waals surface area (Å²) < 4.78 is 3.43. The van der Waals surface area contributed by atoms with Crippen LogP contribution in [-0.2, 0) is 6.54 Å². The van der Waals surface area contributed by atoms with E-state index in [1.54, 1.807) is 0 Å². The Labute approximate surface area is 128 Å². The zero-order valence-corrected chi connectivity index (χ0v) is 13.1. The Hall–Kier alpha value is -1.29. The van der Waals surface area contributed by atoms with Crippen LogP contribution in [-0.4, -0.2) is 9.55 Å². The second kappa shape index (κ2) is 6.44. The molecule has 106 valence electrons. The summed E-state index contributed by atoms with van der Waals surface area (Å²) in [6, 6.07) is 9.03. The molecule has 0 saturated heterocycles. The molecule has 0 radical (unpaired) electrons. The van der Waals surface area contributed by atoms with Crippen molar-refractivity contribution >= 4 is 21.9 Å². The molecule has 3 nitrogen and oxygen atoms in total. The Kier molecular flexibility index (Phi) is 4.41. The molecule has 3 rings (SSSR count). The molecule has 0 bridgehead atoms. The van der Waals surface area contributed by atoms with Crippen LogP contribution in [0.25, 0.3) is 0 Å². The van der Waals surface area contributed by atoms with E-state index in [0.717, 1.165) is 17.0 Å². The third-order valence-electron chi connectivity index (χ3n) is 4.00. The Morgan fingerprint density at radius 1 is 1.15 bits per heavy atom. The molecule has 1 N–H and O–H groups in total. The van der Waals surface area contributed by atoms with E-state index in [9.17, 15) is 0 Å². The van der Waals surface area contributed by atoms with Crippen LogP contribution in [0.2, 0.25) is 0 Å². The number of hydrogen-bond donors (Lipinski definition) is 1. The summed E-state index contributed by atoms with van der Waals surface area (Å²) >= 11 is 3.46. The van der Waals surface area contributed by atoms with Crippen LogP contribution >= 0.6 is 15.9 Å². The van der Waals surface area contributed by atoms with Gasteiger partial charge in [0.1, 0.15) is 0 Å². The van der Waals surface area contributed by atoms with Gasteiger partial charge in [-0.15, -0.1) is 0 Å². The zero-order valence-electron chi connectivity index (χ0n) is 11.6. The second-order valence-corrected chi connectivity index (χ2v) is 6.35. The largest absolute Gasteiger partial charge is 0.352 e. The number of anilines is 1. The molecule has 0 spiro atoms. The lowest BCUT2D eigenvalue weighted by Gasteiger charge is -2.24. The minimum absolute atomic E-state index is 0.624. The maximum atomic E-state index is 4.47. The van der Waals surface area contributed by atoms with Crippen LogP contribution in [0, 0.1) is 0 Å². The van der Waals surface area contributed by atoms with E-state index >= 15 is 0 Å². The van der Waals surface area contributed by atoms with E-state index in [0.29, 0.717) is 6.04 Å². The lowest BCUT2D eigenvalue weighted by atomic mass is 9.95. The van der Waals surface area contributed by atoms with Gasteiger partial charge in [0.05, 0.1) is 0 Å². The van der Waals surface area contributed by atoms with Crippen molar-refractivity contribution in [3.05, 3.63) is 46.7 Å². The summed E-state index contributed by atoms with van der Waals surface area (Å²) in [5.74, 6) is 1.000. The van der Waals surface area contributed by atoms with Gasteiger partial charge < -0.3 is 9.88 Å². The molecule has 20 heavy (non-hydrogen) atoms. The molecule has 4 heteroatoms. The maximum absolute atomic E-state index is 4.47. The summed E-state index contributed by atoms with van der Waals surface area (Å²) in [4.78, 5) is 4.47. The van der Waals surface area contributed by atoms with Crippen molar-refractivity contribution in [2.24, 2.45) is 0 Å². The molecule has 2 aromatic rings. The van der Waals surface area contributed by atoms with Crippen LogP contribution < -0.4 is 5.32 Å². The normalized spacial score (nSPS) is 16.2. The number of aromatic nitrogens is 2. The first-order chi connectivity index (χ1) is 9.83. The van der Waals surface area contributed by atoms with Gasteiger partial charge in [0.15, 0.2) is 0 Å². The fraction of sp³-hybridized carbons (Fsp3) is 0.438. The Morgan fingerprint density at radius 2 is 1.90 bits per heavy atom. The van der Waals surface area contributed by atoms with Gasteiger partial charge in [-0.25, -0.2) is 4.98 Å². The lowest BCUT2D eigenvalue weighted by Crippen LogP contribution is -2.15. The number of imidazole rings is 1. The minimum atomic E-state index is 0.624. The van der Waals surface area contributed by atoms with Crippen LogP contribution in [0.3, 0.4) is 0 Å². The molecule has 1 aliphatic rings. The Morgan fingerprint density at radius 3 is 2.65 bits per heavy atom. The van der Waals surface area contributed by atoms with Crippen LogP contribution in [0.15, 0.2) is 41.1 Å². The Bertz CT molecular complexity index is 541. The Balaban J connectivity index is 1.65. The van der Waals surface area contributed by atoms with E-state index in [4.69, 9.17) is 0 Å². The van der Waals surface area contributed by atoms with Gasteiger partial charge in [0.2, 0.25) is 5.95 Å². The molecule has 0 amide bonds. The molecule has 1 saturated carbocycles. The highest BCUT2D eigenvalue weighted by Crippen LogP contribution is 2.30. The second-order valence-electron chi connectivity index (χ2n) is 5.43. The average molecular weight is 334 g/mol. The number of hydrogen-bond acceptors (Lipinski definition) is 2. The number of benzene rings is 1. The highest BCUT2D eigenvalue weighted by atomic mass is 79.9. The number of nitrogens with one attached hydrogen (secondary N) is 1. The quantitative estimate of drug-likeness (QED) is 0.873. The fourth-order valence-electron chi connectivity index (χ4n) is 2.89. The predicted molar refractivity (Wildman–Crippen MR) is 85.8 cm³/mol.